The lowest BCUT2D eigenvalue weighted by Crippen LogP contribution is -2.43. The number of hydrogen-bond donors (Lipinski definition) is 0. The molecular formula is C60H37N. The normalized spacial score (nSPS) is 17.6. The van der Waals surface area contributed by atoms with Crippen LogP contribution in [0.25, 0.3) is 71.6 Å². The van der Waals surface area contributed by atoms with Crippen molar-refractivity contribution in [1.82, 2.24) is 4.57 Å². The zero-order valence-corrected chi connectivity index (χ0v) is 33.3. The van der Waals surface area contributed by atoms with Crippen LogP contribution in [0.3, 0.4) is 0 Å². The molecule has 2 unspecified atom stereocenters. The van der Waals surface area contributed by atoms with Crippen molar-refractivity contribution in [2.24, 2.45) is 0 Å². The quantitative estimate of drug-likeness (QED) is 0.169. The summed E-state index contributed by atoms with van der Waals surface area (Å²) < 4.78 is 2.43. The molecular weight excluding hydrogens is 735 g/mol. The van der Waals surface area contributed by atoms with Gasteiger partial charge in [0.15, 0.2) is 0 Å². The molecule has 0 bridgehead atoms. The lowest BCUT2D eigenvalue weighted by atomic mass is 9.52. The Morgan fingerprint density at radius 1 is 0.295 bits per heavy atom. The van der Waals surface area contributed by atoms with Gasteiger partial charge >= 0.3 is 0 Å². The summed E-state index contributed by atoms with van der Waals surface area (Å²) in [6.45, 7) is 0. The van der Waals surface area contributed by atoms with Gasteiger partial charge in [0.2, 0.25) is 0 Å². The van der Waals surface area contributed by atoms with Crippen LogP contribution in [0.15, 0.2) is 224 Å². The third-order valence-electron chi connectivity index (χ3n) is 14.4. The van der Waals surface area contributed by atoms with Crippen LogP contribution in [0.5, 0.6) is 0 Å². The number of rotatable bonds is 3. The first-order valence-corrected chi connectivity index (χ1v) is 21.4. The smallest absolute Gasteiger partial charge is 0.0720 e. The molecule has 1 heterocycles. The van der Waals surface area contributed by atoms with Crippen molar-refractivity contribution >= 4 is 32.6 Å². The van der Waals surface area contributed by atoms with E-state index in [0.29, 0.717) is 0 Å². The molecule has 10 aromatic carbocycles. The molecule has 61 heavy (non-hydrogen) atoms. The molecule has 1 heteroatoms. The Morgan fingerprint density at radius 2 is 0.869 bits per heavy atom. The van der Waals surface area contributed by atoms with Crippen molar-refractivity contribution in [3.05, 3.63) is 269 Å². The molecule has 1 aromatic heterocycles. The van der Waals surface area contributed by atoms with Crippen LogP contribution in [0.4, 0.5) is 0 Å². The maximum atomic E-state index is 2.53. The third kappa shape index (κ3) is 4.06. The second-order valence-electron chi connectivity index (χ2n) is 17.1. The third-order valence-corrected chi connectivity index (χ3v) is 14.4. The Labute approximate surface area is 354 Å². The average molecular weight is 772 g/mol. The van der Waals surface area contributed by atoms with Crippen molar-refractivity contribution in [2.45, 2.75) is 10.8 Å². The van der Waals surface area contributed by atoms with Crippen molar-refractivity contribution in [2.75, 3.05) is 0 Å². The summed E-state index contributed by atoms with van der Waals surface area (Å²) in [5.74, 6) is 0. The van der Waals surface area contributed by atoms with Crippen LogP contribution >= 0.6 is 0 Å². The van der Waals surface area contributed by atoms with Gasteiger partial charge in [-0.1, -0.05) is 188 Å². The van der Waals surface area contributed by atoms with Crippen LogP contribution in [-0.2, 0) is 10.8 Å². The van der Waals surface area contributed by atoms with Crippen LogP contribution < -0.4 is 0 Å². The standard InChI is InChI=1S/C60H37N/c1-2-17-42(18-3-1)59-50-23-9-7-20-45(50)48-22-14-27-54(58(48)59)60(53-26-12-11-25-52(53)59)51-24-10-6-19-44(51)46-33-30-41(37-55(46)60)40-31-34-57-49(36-40)47-21-8-13-28-56(47)61(57)43-32-29-38-15-4-5-16-39(38)35-43/h1-37H. The summed E-state index contributed by atoms with van der Waals surface area (Å²) in [4.78, 5) is 0. The molecule has 1 nitrogen and oxygen atoms in total. The van der Waals surface area contributed by atoms with Crippen molar-refractivity contribution < 1.29 is 0 Å². The van der Waals surface area contributed by atoms with Gasteiger partial charge in [-0.25, -0.2) is 0 Å². The number of hydrogen-bond acceptors (Lipinski definition) is 0. The van der Waals surface area contributed by atoms with Gasteiger partial charge in [-0.2, -0.15) is 0 Å². The molecule has 14 rings (SSSR count). The Kier molecular flexibility index (Phi) is 6.48. The van der Waals surface area contributed by atoms with Gasteiger partial charge in [-0.05, 0) is 125 Å². The molecule has 0 aliphatic heterocycles. The largest absolute Gasteiger partial charge is 0.309 e. The molecule has 0 fully saturated rings. The second kappa shape index (κ2) is 11.9. The van der Waals surface area contributed by atoms with E-state index in [-0.39, 0.29) is 0 Å². The van der Waals surface area contributed by atoms with Crippen molar-refractivity contribution in [3.63, 3.8) is 0 Å². The maximum Gasteiger partial charge on any atom is 0.0720 e. The topological polar surface area (TPSA) is 4.93 Å². The molecule has 282 valence electrons. The van der Waals surface area contributed by atoms with Gasteiger partial charge < -0.3 is 4.57 Å². The summed E-state index contributed by atoms with van der Waals surface area (Å²) >= 11 is 0. The first-order valence-electron chi connectivity index (χ1n) is 21.4. The molecule has 0 N–H and O–H groups in total. The van der Waals surface area contributed by atoms with E-state index in [1.54, 1.807) is 0 Å². The van der Waals surface area contributed by atoms with E-state index in [4.69, 9.17) is 0 Å². The van der Waals surface area contributed by atoms with Gasteiger partial charge in [0, 0.05) is 16.5 Å². The second-order valence-corrected chi connectivity index (χ2v) is 17.1. The highest BCUT2D eigenvalue weighted by Gasteiger charge is 2.59. The maximum absolute atomic E-state index is 2.53. The molecule has 0 amide bonds. The van der Waals surface area contributed by atoms with E-state index >= 15 is 0 Å². The Bertz CT molecular complexity index is 3660. The number of benzene rings is 10. The number of aromatic nitrogens is 1. The highest BCUT2D eigenvalue weighted by Crippen LogP contribution is 2.68. The fourth-order valence-corrected chi connectivity index (χ4v) is 12.2. The lowest BCUT2D eigenvalue weighted by molar-refractivity contribution is 0.636. The number of fused-ring (bicyclic) bond motifs is 16. The molecule has 0 saturated heterocycles. The van der Waals surface area contributed by atoms with Gasteiger partial charge in [0.25, 0.3) is 0 Å². The van der Waals surface area contributed by atoms with E-state index in [0.717, 1.165) is 0 Å². The monoisotopic (exact) mass is 771 g/mol. The minimum atomic E-state index is -0.527. The van der Waals surface area contributed by atoms with Gasteiger partial charge in [0.05, 0.1) is 21.9 Å². The molecule has 0 saturated carbocycles. The Balaban J connectivity index is 1.04. The highest BCUT2D eigenvalue weighted by atomic mass is 15.0. The summed E-state index contributed by atoms with van der Waals surface area (Å²) in [7, 11) is 0. The predicted octanol–water partition coefficient (Wildman–Crippen LogP) is 14.6. The van der Waals surface area contributed by atoms with Crippen molar-refractivity contribution in [1.29, 1.82) is 0 Å². The Hall–Kier alpha value is -7.74. The van der Waals surface area contributed by atoms with E-state index in [2.05, 4.69) is 229 Å². The van der Waals surface area contributed by atoms with Gasteiger partial charge in [0.1, 0.15) is 0 Å². The molecule has 3 aliphatic carbocycles. The molecule has 3 aliphatic rings. The van der Waals surface area contributed by atoms with Crippen LogP contribution in [0.2, 0.25) is 0 Å². The van der Waals surface area contributed by atoms with Crippen LogP contribution in [-0.4, -0.2) is 4.57 Å². The first-order chi connectivity index (χ1) is 30.3. The van der Waals surface area contributed by atoms with E-state index in [1.807, 2.05) is 0 Å². The fourth-order valence-electron chi connectivity index (χ4n) is 12.2. The summed E-state index contributed by atoms with van der Waals surface area (Å²) in [5.41, 5.74) is 21.2. The van der Waals surface area contributed by atoms with E-state index in [9.17, 15) is 0 Å². The Morgan fingerprint density at radius 3 is 1.70 bits per heavy atom. The first kappa shape index (κ1) is 33.1. The van der Waals surface area contributed by atoms with Crippen LogP contribution in [0.1, 0.15) is 44.5 Å². The minimum absolute atomic E-state index is 0.453. The molecule has 0 radical (unpaired) electrons. The lowest BCUT2D eigenvalue weighted by Gasteiger charge is -2.48. The van der Waals surface area contributed by atoms with Crippen LogP contribution in [0, 0.1) is 0 Å². The fraction of sp³-hybridized carbons (Fsp3) is 0.0333. The van der Waals surface area contributed by atoms with Crippen molar-refractivity contribution in [3.8, 4) is 39.1 Å². The zero-order chi connectivity index (χ0) is 39.9. The van der Waals surface area contributed by atoms with E-state index in [1.165, 1.54) is 116 Å². The minimum Gasteiger partial charge on any atom is -0.309 e. The van der Waals surface area contributed by atoms with Gasteiger partial charge in [-0.15, -0.1) is 0 Å². The number of nitrogens with zero attached hydrogens (tertiary/aromatic N) is 1. The van der Waals surface area contributed by atoms with Gasteiger partial charge in [-0.3, -0.25) is 0 Å². The summed E-state index contributed by atoms with van der Waals surface area (Å²) in [6, 6.07) is 84.8. The predicted molar refractivity (Wildman–Crippen MR) is 252 cm³/mol. The molecule has 1 spiro atoms. The molecule has 11 aromatic rings. The zero-order valence-electron chi connectivity index (χ0n) is 33.3. The molecule has 2 atom stereocenters. The average Bonchev–Trinajstić information content (AvgIpc) is 3.94. The highest BCUT2D eigenvalue weighted by molar-refractivity contribution is 6.11. The SMILES string of the molecule is c1ccc(C23c4ccccc4-c4cccc(c42)C2(c4ccccc4-c4ccc(-c5ccc6c(c5)c5ccccc5n6-c5ccc6ccccc6c5)cc42)c2ccccc23)cc1. The van der Waals surface area contributed by atoms with E-state index < -0.39 is 10.8 Å². The number of para-hydroxylation sites is 1. The summed E-state index contributed by atoms with van der Waals surface area (Å²) in [6.07, 6.45) is 0. The summed E-state index contributed by atoms with van der Waals surface area (Å²) in [5, 5.41) is 5.01.